The number of esters is 1. The Morgan fingerprint density at radius 2 is 1.57 bits per heavy atom. The molecule has 4 nitrogen and oxygen atoms in total. The molecule has 0 spiro atoms. The summed E-state index contributed by atoms with van der Waals surface area (Å²) in [5.74, 6) is 2.32. The van der Waals surface area contributed by atoms with E-state index in [-0.39, 0.29) is 17.4 Å². The van der Waals surface area contributed by atoms with Crippen molar-refractivity contribution in [1.29, 1.82) is 0 Å². The Morgan fingerprint density at radius 1 is 1.00 bits per heavy atom. The number of amides is 1. The minimum Gasteiger partial charge on any atom is -0.467 e. The molecule has 0 aromatic heterocycles. The lowest BCUT2D eigenvalue weighted by Crippen LogP contribution is -2.41. The van der Waals surface area contributed by atoms with Gasteiger partial charge in [-0.05, 0) is 28.3 Å². The molecule has 0 aliphatic heterocycles. The van der Waals surface area contributed by atoms with Gasteiger partial charge < -0.3 is 10.1 Å². The third-order valence-corrected chi connectivity index (χ3v) is 10.2. The number of ether oxygens (including phenoxy) is 1. The zero-order valence-corrected chi connectivity index (χ0v) is 19.7. The summed E-state index contributed by atoms with van der Waals surface area (Å²) in [5.41, 5.74) is 5.97. The van der Waals surface area contributed by atoms with Gasteiger partial charge in [0.1, 0.15) is 14.1 Å². The summed E-state index contributed by atoms with van der Waals surface area (Å²) in [7, 11) is -0.468. The van der Waals surface area contributed by atoms with E-state index in [1.807, 2.05) is 42.5 Å². The number of hydrogen-bond acceptors (Lipinski definition) is 3. The van der Waals surface area contributed by atoms with Crippen molar-refractivity contribution >= 4 is 20.0 Å². The van der Waals surface area contributed by atoms with Crippen LogP contribution in [-0.4, -0.2) is 33.1 Å². The summed E-state index contributed by atoms with van der Waals surface area (Å²) in [4.78, 5) is 24.9. The smallest absolute Gasteiger partial charge is 0.329 e. The lowest BCUT2D eigenvalue weighted by molar-refractivity contribution is -0.142. The highest BCUT2D eigenvalue weighted by molar-refractivity contribution is 6.87. The molecule has 1 amide bonds. The molecule has 158 valence electrons. The Morgan fingerprint density at radius 3 is 2.10 bits per heavy atom. The van der Waals surface area contributed by atoms with Crippen LogP contribution >= 0.6 is 0 Å². The van der Waals surface area contributed by atoms with Gasteiger partial charge >= 0.3 is 5.97 Å². The van der Waals surface area contributed by atoms with Gasteiger partial charge in [-0.3, -0.25) is 4.79 Å². The van der Waals surface area contributed by atoms with Gasteiger partial charge in [0, 0.05) is 12.0 Å². The molecule has 0 unspecified atom stereocenters. The van der Waals surface area contributed by atoms with Crippen LogP contribution in [0.2, 0.25) is 18.1 Å². The van der Waals surface area contributed by atoms with Crippen LogP contribution in [-0.2, 0) is 9.53 Å². The summed E-state index contributed by atoms with van der Waals surface area (Å²) in [6, 6.07) is 16.5. The molecule has 0 saturated carbocycles. The van der Waals surface area contributed by atoms with E-state index >= 15 is 0 Å². The van der Waals surface area contributed by atoms with Crippen molar-refractivity contribution in [3.8, 4) is 22.6 Å². The Labute approximate surface area is 181 Å². The summed E-state index contributed by atoms with van der Waals surface area (Å²) >= 11 is 0. The Bertz CT molecular complexity index is 932. The van der Waals surface area contributed by atoms with Crippen molar-refractivity contribution in [3.05, 3.63) is 60.2 Å². The molecular weight excluding hydrogens is 390 g/mol. The Balaban J connectivity index is 2.11. The molecule has 0 heterocycles. The number of methoxy groups -OCH3 is 1. The standard InChI is InChI=1S/C25H31NO3Si/c1-25(2,3)30(5,6)18-10-13-22(24(28)29-4)26-23(27)21-16-14-20(15-17-21)19-11-8-7-9-12-19/h7-9,11-12,14-17,22H,13H2,1-6H3,(H,26,27)/t22-/m1/s1. The van der Waals surface area contributed by atoms with Crippen molar-refractivity contribution in [3.63, 3.8) is 0 Å². The zero-order chi connectivity index (χ0) is 22.4. The second-order valence-corrected chi connectivity index (χ2v) is 13.9. The number of rotatable bonds is 5. The van der Waals surface area contributed by atoms with Crippen LogP contribution in [0.4, 0.5) is 0 Å². The molecule has 2 aromatic carbocycles. The van der Waals surface area contributed by atoms with Crippen LogP contribution in [0.3, 0.4) is 0 Å². The lowest BCUT2D eigenvalue weighted by atomic mass is 10.0. The second kappa shape index (κ2) is 9.77. The molecule has 0 radical (unpaired) electrons. The van der Waals surface area contributed by atoms with E-state index < -0.39 is 20.1 Å². The van der Waals surface area contributed by atoms with Crippen molar-refractivity contribution in [1.82, 2.24) is 5.32 Å². The third-order valence-electron chi connectivity index (χ3n) is 5.63. The average molecular weight is 422 g/mol. The van der Waals surface area contributed by atoms with Crippen molar-refractivity contribution < 1.29 is 14.3 Å². The Hall–Kier alpha value is -2.84. The maximum absolute atomic E-state index is 12.7. The molecule has 2 rings (SSSR count). The highest BCUT2D eigenvalue weighted by Gasteiger charge is 2.33. The van der Waals surface area contributed by atoms with Crippen LogP contribution in [0, 0.1) is 11.5 Å². The number of carbonyl (C=O) groups excluding carboxylic acids is 2. The van der Waals surface area contributed by atoms with Gasteiger partial charge in [0.25, 0.3) is 5.91 Å². The fraction of sp³-hybridized carbons (Fsp3) is 0.360. The molecule has 5 heteroatoms. The van der Waals surface area contributed by atoms with Gasteiger partial charge in [0.2, 0.25) is 0 Å². The minimum absolute atomic E-state index is 0.129. The highest BCUT2D eigenvalue weighted by Crippen LogP contribution is 2.35. The van der Waals surface area contributed by atoms with E-state index in [9.17, 15) is 9.59 Å². The van der Waals surface area contributed by atoms with Crippen molar-refractivity contribution in [2.75, 3.05) is 7.11 Å². The van der Waals surface area contributed by atoms with Gasteiger partial charge in [0.05, 0.1) is 7.11 Å². The van der Waals surface area contributed by atoms with E-state index in [0.717, 1.165) is 11.1 Å². The third kappa shape index (κ3) is 6.08. The van der Waals surface area contributed by atoms with Crippen LogP contribution in [0.5, 0.6) is 0 Å². The van der Waals surface area contributed by atoms with Crippen LogP contribution < -0.4 is 5.32 Å². The van der Waals surface area contributed by atoms with E-state index in [0.29, 0.717) is 5.56 Å². The normalized spacial score (nSPS) is 12.3. The first-order chi connectivity index (χ1) is 14.0. The molecule has 0 bridgehead atoms. The summed E-state index contributed by atoms with van der Waals surface area (Å²) in [6.45, 7) is 11.0. The quantitative estimate of drug-likeness (QED) is 0.417. The molecule has 1 N–H and O–H groups in total. The number of benzene rings is 2. The van der Waals surface area contributed by atoms with E-state index in [1.165, 1.54) is 7.11 Å². The highest BCUT2D eigenvalue weighted by atomic mass is 28.3. The lowest BCUT2D eigenvalue weighted by Gasteiger charge is -2.31. The van der Waals surface area contributed by atoms with Crippen LogP contribution in [0.25, 0.3) is 11.1 Å². The monoisotopic (exact) mass is 421 g/mol. The van der Waals surface area contributed by atoms with E-state index in [4.69, 9.17) is 4.74 Å². The van der Waals surface area contributed by atoms with Gasteiger partial charge in [-0.25, -0.2) is 4.79 Å². The van der Waals surface area contributed by atoms with E-state index in [2.05, 4.69) is 50.6 Å². The van der Waals surface area contributed by atoms with Gasteiger partial charge in [-0.2, -0.15) is 0 Å². The van der Waals surface area contributed by atoms with Crippen molar-refractivity contribution in [2.45, 2.75) is 51.4 Å². The predicted octanol–water partition coefficient (Wildman–Crippen LogP) is 5.07. The first kappa shape index (κ1) is 23.4. The average Bonchev–Trinajstić information content (AvgIpc) is 2.72. The topological polar surface area (TPSA) is 55.4 Å². The van der Waals surface area contributed by atoms with Gasteiger partial charge in [-0.1, -0.05) is 76.3 Å². The number of nitrogens with one attached hydrogen (secondary N) is 1. The van der Waals surface area contributed by atoms with Crippen LogP contribution in [0.15, 0.2) is 54.6 Å². The molecule has 0 fully saturated rings. The summed E-state index contributed by atoms with van der Waals surface area (Å²) in [6.07, 6.45) is 0.229. The first-order valence-corrected chi connectivity index (χ1v) is 13.1. The van der Waals surface area contributed by atoms with Crippen molar-refractivity contribution in [2.24, 2.45) is 0 Å². The molecule has 30 heavy (non-hydrogen) atoms. The minimum atomic E-state index is -1.79. The zero-order valence-electron chi connectivity index (χ0n) is 18.7. The van der Waals surface area contributed by atoms with Gasteiger partial charge in [-0.15, -0.1) is 11.5 Å². The largest absolute Gasteiger partial charge is 0.467 e. The second-order valence-electron chi connectivity index (χ2n) is 8.87. The Kier molecular flexibility index (Phi) is 7.63. The SMILES string of the molecule is COC(=O)[C@@H](CC#C[Si](C)(C)C(C)(C)C)NC(=O)c1ccc(-c2ccccc2)cc1. The van der Waals surface area contributed by atoms with E-state index in [1.54, 1.807) is 12.1 Å². The molecule has 0 saturated heterocycles. The van der Waals surface area contributed by atoms with Crippen LogP contribution in [0.1, 0.15) is 37.6 Å². The number of carbonyl (C=O) groups is 2. The molecular formula is C25H31NO3Si. The summed E-state index contributed by atoms with van der Waals surface area (Å²) in [5, 5.41) is 2.90. The summed E-state index contributed by atoms with van der Waals surface area (Å²) < 4.78 is 4.87. The molecule has 0 aliphatic carbocycles. The fourth-order valence-corrected chi connectivity index (χ4v) is 3.50. The predicted molar refractivity (Wildman–Crippen MR) is 125 cm³/mol. The van der Waals surface area contributed by atoms with Gasteiger partial charge in [0.15, 0.2) is 0 Å². The number of hydrogen-bond donors (Lipinski definition) is 1. The molecule has 2 aromatic rings. The fourth-order valence-electron chi connectivity index (χ4n) is 2.58. The molecule has 1 atom stereocenters. The first-order valence-electron chi connectivity index (χ1n) is 10.1. The maximum atomic E-state index is 12.7. The maximum Gasteiger partial charge on any atom is 0.329 e. The molecule has 0 aliphatic rings.